The van der Waals surface area contributed by atoms with Gasteiger partial charge < -0.3 is 0 Å². The lowest BCUT2D eigenvalue weighted by Crippen LogP contribution is -1.84. The highest BCUT2D eigenvalue weighted by molar-refractivity contribution is 5.64. The number of hydrogen-bond donors (Lipinski definition) is 0. The van der Waals surface area contributed by atoms with Crippen LogP contribution in [0.3, 0.4) is 0 Å². The Hall–Kier alpha value is -2.08. The molecule has 0 spiro atoms. The van der Waals surface area contributed by atoms with Gasteiger partial charge in [0.15, 0.2) is 0 Å². The second-order valence-corrected chi connectivity index (χ2v) is 5.75. The smallest absolute Gasteiger partial charge is 0.0204 e. The van der Waals surface area contributed by atoms with Crippen molar-refractivity contribution in [3.05, 3.63) is 83.4 Å². The van der Waals surface area contributed by atoms with Crippen LogP contribution in [0, 0.1) is 20.8 Å². The molecule has 0 aromatic heterocycles. The Morgan fingerprint density at radius 2 is 1.20 bits per heavy atom. The van der Waals surface area contributed by atoms with Gasteiger partial charge in [-0.05, 0) is 51.3 Å². The fourth-order valence-corrected chi connectivity index (χ4v) is 2.20. The molecule has 0 fully saturated rings. The topological polar surface area (TPSA) is 0 Å². The maximum atomic E-state index is 3.92. The second kappa shape index (κ2) is 14.3. The van der Waals surface area contributed by atoms with Crippen LogP contribution >= 0.6 is 0 Å². The minimum Gasteiger partial charge on any atom is -0.0955 e. The van der Waals surface area contributed by atoms with Gasteiger partial charge in [-0.2, -0.15) is 0 Å². The van der Waals surface area contributed by atoms with E-state index in [1.807, 2.05) is 41.5 Å². The van der Waals surface area contributed by atoms with Crippen LogP contribution in [0.5, 0.6) is 0 Å². The van der Waals surface area contributed by atoms with E-state index in [9.17, 15) is 0 Å². The van der Waals surface area contributed by atoms with Crippen molar-refractivity contribution < 1.29 is 0 Å². The Morgan fingerprint density at radius 1 is 0.680 bits per heavy atom. The summed E-state index contributed by atoms with van der Waals surface area (Å²) in [6.45, 7) is 26.2. The lowest BCUT2D eigenvalue weighted by atomic mass is 10.0. The van der Waals surface area contributed by atoms with Crippen LogP contribution < -0.4 is 0 Å². The summed E-state index contributed by atoms with van der Waals surface area (Å²) in [6, 6.07) is 14.8. The highest BCUT2D eigenvalue weighted by Crippen LogP contribution is 2.17. The molecule has 0 aliphatic carbocycles. The molecule has 2 aromatic rings. The zero-order valence-corrected chi connectivity index (χ0v) is 18.0. The van der Waals surface area contributed by atoms with Gasteiger partial charge in [0.1, 0.15) is 0 Å². The Kier molecular flexibility index (Phi) is 14.4. The maximum Gasteiger partial charge on any atom is -0.0204 e. The third-order valence-corrected chi connectivity index (χ3v) is 3.35. The summed E-state index contributed by atoms with van der Waals surface area (Å²) in [4.78, 5) is 0. The minimum absolute atomic E-state index is 1.13. The second-order valence-electron chi connectivity index (χ2n) is 5.75. The van der Waals surface area contributed by atoms with Crippen molar-refractivity contribution in [2.24, 2.45) is 0 Å². The van der Waals surface area contributed by atoms with E-state index in [0.29, 0.717) is 0 Å². The molecule has 138 valence electrons. The molecule has 0 unspecified atom stereocenters. The number of hydrogen-bond acceptors (Lipinski definition) is 0. The molecule has 2 rings (SSSR count). The molecule has 0 radical (unpaired) electrons. The predicted molar refractivity (Wildman–Crippen MR) is 119 cm³/mol. The lowest BCUT2D eigenvalue weighted by Gasteiger charge is -2.04. The van der Waals surface area contributed by atoms with Crippen molar-refractivity contribution in [1.29, 1.82) is 0 Å². The van der Waals surface area contributed by atoms with E-state index >= 15 is 0 Å². The third-order valence-electron chi connectivity index (χ3n) is 3.35. The van der Waals surface area contributed by atoms with Crippen molar-refractivity contribution >= 4 is 11.1 Å². The molecule has 0 aliphatic heterocycles. The van der Waals surface area contributed by atoms with Crippen molar-refractivity contribution in [3.8, 4) is 0 Å². The molecule has 0 nitrogen and oxygen atoms in total. The van der Waals surface area contributed by atoms with Gasteiger partial charge in [-0.3, -0.25) is 0 Å². The van der Waals surface area contributed by atoms with E-state index in [0.717, 1.165) is 11.1 Å². The van der Waals surface area contributed by atoms with Gasteiger partial charge in [0, 0.05) is 0 Å². The first kappa shape index (κ1) is 25.2. The van der Waals surface area contributed by atoms with Crippen LogP contribution in [0.2, 0.25) is 0 Å². The maximum absolute atomic E-state index is 3.92. The first-order valence-corrected chi connectivity index (χ1v) is 9.27. The predicted octanol–water partition coefficient (Wildman–Crippen LogP) is 8.42. The van der Waals surface area contributed by atoms with E-state index in [2.05, 4.69) is 76.4 Å². The summed E-state index contributed by atoms with van der Waals surface area (Å²) in [6.07, 6.45) is 0. The molecular formula is C25H38. The Bertz CT molecular complexity index is 645. The monoisotopic (exact) mass is 338 g/mol. The van der Waals surface area contributed by atoms with Gasteiger partial charge in [0.25, 0.3) is 0 Å². The molecular weight excluding hydrogens is 300 g/mol. The SMILES string of the molecule is C=C(C)c1ccc(C)cc1C.C=C(C)c1cccc(C)c1.CC.CC. The molecule has 0 heterocycles. The standard InChI is InChI=1S/C11H14.C10H12.2C2H6/c1-8(2)11-6-5-9(3)7-10(11)4;1-8(2)10-6-4-5-9(3)7-10;2*1-2/h5-7H,1H2,2-4H3;4-7H,1H2,2-3H3;2*1-2H3. The molecule has 0 bridgehead atoms. The Balaban J connectivity index is 0. The minimum atomic E-state index is 1.13. The first-order chi connectivity index (χ1) is 11.8. The molecule has 0 saturated carbocycles. The summed E-state index contributed by atoms with van der Waals surface area (Å²) in [5.74, 6) is 0. The Labute approximate surface area is 157 Å². The van der Waals surface area contributed by atoms with Crippen molar-refractivity contribution in [2.75, 3.05) is 0 Å². The molecule has 0 amide bonds. The number of rotatable bonds is 2. The van der Waals surface area contributed by atoms with Crippen molar-refractivity contribution in [3.63, 3.8) is 0 Å². The van der Waals surface area contributed by atoms with Gasteiger partial charge >= 0.3 is 0 Å². The highest BCUT2D eigenvalue weighted by atomic mass is 14.0. The zero-order valence-electron chi connectivity index (χ0n) is 18.0. The molecule has 0 saturated heterocycles. The van der Waals surface area contributed by atoms with Gasteiger partial charge in [-0.25, -0.2) is 0 Å². The van der Waals surface area contributed by atoms with E-state index in [-0.39, 0.29) is 0 Å². The van der Waals surface area contributed by atoms with Crippen LogP contribution in [0.1, 0.15) is 69.4 Å². The summed E-state index contributed by atoms with van der Waals surface area (Å²) in [5.41, 5.74) is 8.70. The third kappa shape index (κ3) is 10.4. The summed E-state index contributed by atoms with van der Waals surface area (Å²) in [7, 11) is 0. The van der Waals surface area contributed by atoms with Crippen LogP contribution in [0.25, 0.3) is 11.1 Å². The van der Waals surface area contributed by atoms with E-state index in [1.165, 1.54) is 27.8 Å². The molecule has 0 heteroatoms. The van der Waals surface area contributed by atoms with Crippen molar-refractivity contribution in [1.82, 2.24) is 0 Å². The van der Waals surface area contributed by atoms with Gasteiger partial charge in [0.05, 0.1) is 0 Å². The molecule has 25 heavy (non-hydrogen) atoms. The quantitative estimate of drug-likeness (QED) is 0.515. The summed E-state index contributed by atoms with van der Waals surface area (Å²) < 4.78 is 0. The van der Waals surface area contributed by atoms with E-state index in [4.69, 9.17) is 0 Å². The number of benzene rings is 2. The van der Waals surface area contributed by atoms with Gasteiger partial charge in [0.2, 0.25) is 0 Å². The number of allylic oxidation sites excluding steroid dienone is 2. The summed E-state index contributed by atoms with van der Waals surface area (Å²) in [5, 5.41) is 0. The fraction of sp³-hybridized carbons (Fsp3) is 0.360. The molecule has 0 atom stereocenters. The van der Waals surface area contributed by atoms with Crippen LogP contribution in [-0.4, -0.2) is 0 Å². The van der Waals surface area contributed by atoms with Crippen LogP contribution in [0.4, 0.5) is 0 Å². The molecule has 0 aliphatic rings. The fourth-order valence-electron chi connectivity index (χ4n) is 2.20. The Morgan fingerprint density at radius 3 is 1.56 bits per heavy atom. The average molecular weight is 339 g/mol. The van der Waals surface area contributed by atoms with Crippen molar-refractivity contribution in [2.45, 2.75) is 62.3 Å². The molecule has 0 N–H and O–H groups in total. The largest absolute Gasteiger partial charge is 0.0955 e. The normalized spacial score (nSPS) is 8.52. The number of aryl methyl sites for hydroxylation is 3. The van der Waals surface area contributed by atoms with Crippen LogP contribution in [0.15, 0.2) is 55.6 Å². The van der Waals surface area contributed by atoms with Crippen LogP contribution in [-0.2, 0) is 0 Å². The highest BCUT2D eigenvalue weighted by Gasteiger charge is 1.97. The van der Waals surface area contributed by atoms with E-state index in [1.54, 1.807) is 0 Å². The lowest BCUT2D eigenvalue weighted by molar-refractivity contribution is 1.35. The van der Waals surface area contributed by atoms with Gasteiger partial charge in [-0.1, -0.05) is 106 Å². The van der Waals surface area contributed by atoms with Gasteiger partial charge in [-0.15, -0.1) is 0 Å². The summed E-state index contributed by atoms with van der Waals surface area (Å²) >= 11 is 0. The van der Waals surface area contributed by atoms with E-state index < -0.39 is 0 Å². The first-order valence-electron chi connectivity index (χ1n) is 9.27. The zero-order chi connectivity index (χ0) is 20.0. The molecule has 2 aromatic carbocycles. The average Bonchev–Trinajstić information content (AvgIpc) is 2.58.